The Labute approximate surface area is 179 Å². The molecule has 0 radical (unpaired) electrons. The quantitative estimate of drug-likeness (QED) is 0.620. The van der Waals surface area contributed by atoms with Crippen molar-refractivity contribution in [1.29, 1.82) is 0 Å². The molecule has 7 nitrogen and oxygen atoms in total. The lowest BCUT2D eigenvalue weighted by atomic mass is 9.96. The van der Waals surface area contributed by atoms with Crippen LogP contribution in [0.15, 0.2) is 18.2 Å². The Morgan fingerprint density at radius 3 is 2.63 bits per heavy atom. The Balaban J connectivity index is 1.92. The molecule has 0 spiro atoms. The molecule has 2 aromatic heterocycles. The zero-order valence-electron chi connectivity index (χ0n) is 17.4. The zero-order valence-corrected chi connectivity index (χ0v) is 18.3. The third-order valence-electron chi connectivity index (χ3n) is 5.65. The van der Waals surface area contributed by atoms with Gasteiger partial charge in [-0.05, 0) is 31.9 Å². The van der Waals surface area contributed by atoms with E-state index in [1.165, 1.54) is 37.5 Å². The number of hydrogen-bond donors (Lipinski definition) is 2. The van der Waals surface area contributed by atoms with Gasteiger partial charge in [-0.15, -0.1) is 11.3 Å². The highest BCUT2D eigenvalue weighted by molar-refractivity contribution is 7.21. The van der Waals surface area contributed by atoms with Crippen molar-refractivity contribution in [2.75, 3.05) is 12.4 Å². The molecule has 3 N–H and O–H groups in total. The van der Waals surface area contributed by atoms with Gasteiger partial charge in [-0.3, -0.25) is 14.3 Å². The maximum Gasteiger partial charge on any atom is 0.259 e. The summed E-state index contributed by atoms with van der Waals surface area (Å²) in [4.78, 5) is 25.3. The summed E-state index contributed by atoms with van der Waals surface area (Å²) in [5, 5.41) is 8.56. The molecule has 3 aromatic rings. The summed E-state index contributed by atoms with van der Waals surface area (Å²) in [6, 6.07) is 5.77. The Morgan fingerprint density at radius 2 is 2.00 bits per heavy atom. The van der Waals surface area contributed by atoms with E-state index in [0.29, 0.717) is 22.4 Å². The Bertz CT molecular complexity index is 1130. The molecule has 1 fully saturated rings. The van der Waals surface area contributed by atoms with Crippen molar-refractivity contribution in [2.24, 2.45) is 5.73 Å². The highest BCUT2D eigenvalue weighted by atomic mass is 32.1. The van der Waals surface area contributed by atoms with Crippen LogP contribution in [0, 0.1) is 6.92 Å². The van der Waals surface area contributed by atoms with E-state index >= 15 is 0 Å². The number of amides is 2. The van der Waals surface area contributed by atoms with Crippen molar-refractivity contribution in [3.8, 4) is 16.9 Å². The number of rotatable bonds is 5. The second-order valence-electron chi connectivity index (χ2n) is 7.77. The average Bonchev–Trinajstić information content (AvgIpc) is 3.26. The number of carbonyl (C=O) groups excluding carboxylic acids is 2. The molecule has 0 unspecified atom stereocenters. The number of nitrogens with zero attached hydrogens (tertiary/aromatic N) is 2. The number of primary amides is 1. The van der Waals surface area contributed by atoms with E-state index < -0.39 is 5.91 Å². The number of ether oxygens (including phenoxy) is 1. The molecule has 0 aliphatic heterocycles. The number of anilines is 1. The molecule has 158 valence electrons. The lowest BCUT2D eigenvalue weighted by molar-refractivity contribution is -0.114. The predicted octanol–water partition coefficient (Wildman–Crippen LogP) is 4.64. The first-order chi connectivity index (χ1) is 14.4. The molecule has 2 heterocycles. The number of thiophene rings is 1. The van der Waals surface area contributed by atoms with Gasteiger partial charge in [0.2, 0.25) is 5.91 Å². The van der Waals surface area contributed by atoms with E-state index in [1.54, 1.807) is 19.2 Å². The molecular formula is C22H26N4O3S. The summed E-state index contributed by atoms with van der Waals surface area (Å²) < 4.78 is 7.71. The normalized spacial score (nSPS) is 14.8. The lowest BCUT2D eigenvalue weighted by Crippen LogP contribution is -2.14. The van der Waals surface area contributed by atoms with Gasteiger partial charge >= 0.3 is 0 Å². The molecule has 1 aliphatic rings. The standard InChI is InChI=1S/C22H26N4O3S/c1-12-18-19(16-10-9-14(24-13(2)27)11-17(16)29-3)20(21(23)28)30-22(18)26(25-12)15-7-5-4-6-8-15/h9-11,15H,4-8H2,1-3H3,(H2,23,28)(H,24,27). The fraction of sp³-hybridized carbons (Fsp3) is 0.409. The molecule has 0 atom stereocenters. The minimum atomic E-state index is -0.464. The second kappa shape index (κ2) is 8.10. The summed E-state index contributed by atoms with van der Waals surface area (Å²) in [5.41, 5.74) is 8.81. The van der Waals surface area contributed by atoms with Gasteiger partial charge in [0.15, 0.2) is 0 Å². The van der Waals surface area contributed by atoms with Crippen molar-refractivity contribution >= 4 is 39.1 Å². The van der Waals surface area contributed by atoms with Crippen molar-refractivity contribution in [3.63, 3.8) is 0 Å². The van der Waals surface area contributed by atoms with Crippen molar-refractivity contribution in [1.82, 2.24) is 9.78 Å². The minimum Gasteiger partial charge on any atom is -0.496 e. The molecule has 1 saturated carbocycles. The number of hydrogen-bond acceptors (Lipinski definition) is 5. The van der Waals surface area contributed by atoms with Crippen LogP contribution in [0.2, 0.25) is 0 Å². The molecule has 1 aromatic carbocycles. The number of carbonyl (C=O) groups is 2. The smallest absolute Gasteiger partial charge is 0.259 e. The van der Waals surface area contributed by atoms with Crippen molar-refractivity contribution in [2.45, 2.75) is 52.0 Å². The highest BCUT2D eigenvalue weighted by Gasteiger charge is 2.28. The fourth-order valence-corrected chi connectivity index (χ4v) is 5.60. The third-order valence-corrected chi connectivity index (χ3v) is 6.85. The van der Waals surface area contributed by atoms with Crippen LogP contribution in [-0.4, -0.2) is 28.7 Å². The summed E-state index contributed by atoms with van der Waals surface area (Å²) in [5.74, 6) is -0.0628. The van der Waals surface area contributed by atoms with Crippen molar-refractivity contribution in [3.05, 3.63) is 28.8 Å². The van der Waals surface area contributed by atoms with E-state index in [0.717, 1.165) is 39.9 Å². The highest BCUT2D eigenvalue weighted by Crippen LogP contribution is 2.46. The van der Waals surface area contributed by atoms with Gasteiger partial charge < -0.3 is 15.8 Å². The van der Waals surface area contributed by atoms with E-state index in [-0.39, 0.29) is 5.91 Å². The van der Waals surface area contributed by atoms with Gasteiger partial charge in [-0.25, -0.2) is 0 Å². The molecule has 30 heavy (non-hydrogen) atoms. The van der Waals surface area contributed by atoms with Crippen LogP contribution in [0.5, 0.6) is 5.75 Å². The van der Waals surface area contributed by atoms with Crippen LogP contribution in [0.3, 0.4) is 0 Å². The number of nitrogens with two attached hydrogens (primary N) is 1. The van der Waals surface area contributed by atoms with Crippen LogP contribution in [-0.2, 0) is 4.79 Å². The van der Waals surface area contributed by atoms with Crippen LogP contribution in [0.1, 0.15) is 60.4 Å². The third kappa shape index (κ3) is 3.56. The lowest BCUT2D eigenvalue weighted by Gasteiger charge is -2.22. The summed E-state index contributed by atoms with van der Waals surface area (Å²) in [6.07, 6.45) is 5.86. The monoisotopic (exact) mass is 426 g/mol. The Kier molecular flexibility index (Phi) is 5.51. The summed E-state index contributed by atoms with van der Waals surface area (Å²) in [7, 11) is 1.57. The van der Waals surface area contributed by atoms with Gasteiger partial charge in [-0.1, -0.05) is 19.3 Å². The predicted molar refractivity (Wildman–Crippen MR) is 119 cm³/mol. The largest absolute Gasteiger partial charge is 0.496 e. The fourth-order valence-electron chi connectivity index (χ4n) is 4.36. The van der Waals surface area contributed by atoms with Crippen LogP contribution in [0.25, 0.3) is 21.3 Å². The van der Waals surface area contributed by atoms with Gasteiger partial charge in [-0.2, -0.15) is 5.10 Å². The SMILES string of the molecule is COc1cc(NC(C)=O)ccc1-c1c(C(N)=O)sc2c1c(C)nn2C1CCCCC1. The molecular weight excluding hydrogens is 400 g/mol. The number of methoxy groups -OCH3 is 1. The van der Waals surface area contributed by atoms with E-state index in [9.17, 15) is 9.59 Å². The van der Waals surface area contributed by atoms with E-state index in [2.05, 4.69) is 10.00 Å². The van der Waals surface area contributed by atoms with Crippen LogP contribution in [0.4, 0.5) is 5.69 Å². The van der Waals surface area contributed by atoms with Gasteiger partial charge in [0.05, 0.1) is 18.8 Å². The van der Waals surface area contributed by atoms with Crippen LogP contribution >= 0.6 is 11.3 Å². The van der Waals surface area contributed by atoms with Gasteiger partial charge in [0.1, 0.15) is 15.5 Å². The second-order valence-corrected chi connectivity index (χ2v) is 8.77. The molecule has 4 rings (SSSR count). The van der Waals surface area contributed by atoms with Crippen LogP contribution < -0.4 is 15.8 Å². The number of nitrogens with one attached hydrogen (secondary N) is 1. The first kappa shape index (κ1) is 20.4. The molecule has 8 heteroatoms. The van der Waals surface area contributed by atoms with E-state index in [4.69, 9.17) is 15.6 Å². The summed E-state index contributed by atoms with van der Waals surface area (Å²) >= 11 is 1.40. The van der Waals surface area contributed by atoms with Crippen molar-refractivity contribution < 1.29 is 14.3 Å². The first-order valence-electron chi connectivity index (χ1n) is 10.2. The Morgan fingerprint density at radius 1 is 1.27 bits per heavy atom. The number of benzene rings is 1. The summed E-state index contributed by atoms with van der Waals surface area (Å²) in [6.45, 7) is 3.43. The first-order valence-corrected chi connectivity index (χ1v) is 11.0. The zero-order chi connectivity index (χ0) is 21.4. The topological polar surface area (TPSA) is 99.2 Å². The van der Waals surface area contributed by atoms with E-state index in [1.807, 2.05) is 13.0 Å². The van der Waals surface area contributed by atoms with Gasteiger partial charge in [0.25, 0.3) is 5.91 Å². The molecule has 0 saturated heterocycles. The molecule has 1 aliphatic carbocycles. The molecule has 0 bridgehead atoms. The van der Waals surface area contributed by atoms with Gasteiger partial charge in [0, 0.05) is 35.2 Å². The Hall–Kier alpha value is -2.87. The maximum absolute atomic E-state index is 12.4. The molecule has 2 amide bonds. The minimum absolute atomic E-state index is 0.162. The number of aromatic nitrogens is 2. The maximum atomic E-state index is 12.4. The average molecular weight is 427 g/mol. The number of aryl methyl sites for hydroxylation is 1. The number of fused-ring (bicyclic) bond motifs is 1.